The molecule has 0 radical (unpaired) electrons. The van der Waals surface area contributed by atoms with E-state index in [0.717, 1.165) is 11.8 Å². The Kier molecular flexibility index (Phi) is 5.39. The Balaban J connectivity index is 2.03. The van der Waals surface area contributed by atoms with Crippen molar-refractivity contribution in [3.63, 3.8) is 0 Å². The predicted octanol–water partition coefficient (Wildman–Crippen LogP) is 1.84. The van der Waals surface area contributed by atoms with Crippen molar-refractivity contribution in [1.82, 2.24) is 5.32 Å². The van der Waals surface area contributed by atoms with E-state index < -0.39 is 10.0 Å². The average Bonchev–Trinajstić information content (AvgIpc) is 2.51. The maximum Gasteiger partial charge on any atom is 0.254 e. The number of nitrogens with one attached hydrogen (secondary N) is 2. The van der Waals surface area contributed by atoms with Crippen molar-refractivity contribution in [2.24, 2.45) is 0 Å². The molecule has 0 atom stereocenters. The number of carbonyl (C=O) groups excluding carboxylic acids is 1. The summed E-state index contributed by atoms with van der Waals surface area (Å²) in [7, 11) is -3.45. The van der Waals surface area contributed by atoms with E-state index in [4.69, 9.17) is 0 Å². The molecule has 5 nitrogen and oxygen atoms in total. The van der Waals surface area contributed by atoms with Crippen LogP contribution in [-0.4, -0.2) is 27.1 Å². The number of amides is 1. The van der Waals surface area contributed by atoms with Crippen LogP contribution in [0.3, 0.4) is 0 Å². The summed E-state index contributed by atoms with van der Waals surface area (Å²) in [5.41, 5.74) is 1.35. The van der Waals surface area contributed by atoms with Crippen molar-refractivity contribution in [2.45, 2.75) is 0 Å². The van der Waals surface area contributed by atoms with Crippen LogP contribution in [0.25, 0.3) is 0 Å². The molecule has 0 aliphatic rings. The first-order chi connectivity index (χ1) is 11.0. The van der Waals surface area contributed by atoms with Crippen LogP contribution in [0.15, 0.2) is 54.6 Å². The van der Waals surface area contributed by atoms with Gasteiger partial charge in [0.1, 0.15) is 0 Å². The van der Waals surface area contributed by atoms with E-state index in [1.807, 2.05) is 30.3 Å². The highest BCUT2D eigenvalue weighted by molar-refractivity contribution is 7.92. The third kappa shape index (κ3) is 5.49. The molecule has 118 valence electrons. The van der Waals surface area contributed by atoms with Crippen molar-refractivity contribution < 1.29 is 13.2 Å². The summed E-state index contributed by atoms with van der Waals surface area (Å²) in [6.45, 7) is 0.168. The Morgan fingerprint density at radius 1 is 1.04 bits per heavy atom. The number of anilines is 1. The molecule has 0 aliphatic carbocycles. The van der Waals surface area contributed by atoms with Gasteiger partial charge in [-0.1, -0.05) is 42.2 Å². The van der Waals surface area contributed by atoms with Crippen LogP contribution < -0.4 is 10.0 Å². The minimum Gasteiger partial charge on any atom is -0.341 e. The maximum absolute atomic E-state index is 12.1. The third-order valence-electron chi connectivity index (χ3n) is 2.81. The topological polar surface area (TPSA) is 75.3 Å². The molecule has 0 saturated heterocycles. The zero-order valence-electron chi connectivity index (χ0n) is 12.5. The molecule has 1 amide bonds. The minimum absolute atomic E-state index is 0.168. The normalized spacial score (nSPS) is 10.3. The van der Waals surface area contributed by atoms with Crippen molar-refractivity contribution in [3.05, 3.63) is 65.7 Å². The fourth-order valence-corrected chi connectivity index (χ4v) is 2.43. The van der Waals surface area contributed by atoms with Crippen LogP contribution in [0, 0.1) is 11.8 Å². The quantitative estimate of drug-likeness (QED) is 0.841. The van der Waals surface area contributed by atoms with Gasteiger partial charge < -0.3 is 5.32 Å². The van der Waals surface area contributed by atoms with E-state index in [9.17, 15) is 13.2 Å². The second-order valence-corrected chi connectivity index (χ2v) is 6.52. The van der Waals surface area contributed by atoms with Crippen molar-refractivity contribution in [2.75, 3.05) is 17.5 Å². The number of rotatable bonds is 4. The van der Waals surface area contributed by atoms with Gasteiger partial charge in [0.25, 0.3) is 5.91 Å². The fourth-order valence-electron chi connectivity index (χ4n) is 1.86. The molecule has 0 fully saturated rings. The second kappa shape index (κ2) is 7.47. The number of hydrogen-bond acceptors (Lipinski definition) is 3. The van der Waals surface area contributed by atoms with E-state index in [1.165, 1.54) is 6.07 Å². The van der Waals surface area contributed by atoms with Gasteiger partial charge in [-0.25, -0.2) is 8.42 Å². The van der Waals surface area contributed by atoms with Gasteiger partial charge in [0.2, 0.25) is 10.0 Å². The second-order valence-electron chi connectivity index (χ2n) is 4.77. The maximum atomic E-state index is 12.1. The summed E-state index contributed by atoms with van der Waals surface area (Å²) in [4.78, 5) is 12.1. The van der Waals surface area contributed by atoms with Crippen LogP contribution in [-0.2, 0) is 10.0 Å². The molecular formula is C17H16N2O3S. The zero-order valence-corrected chi connectivity index (χ0v) is 13.4. The molecule has 2 rings (SSSR count). The van der Waals surface area contributed by atoms with Gasteiger partial charge in [-0.2, -0.15) is 0 Å². The lowest BCUT2D eigenvalue weighted by molar-refractivity contribution is 0.0959. The molecule has 0 aromatic heterocycles. The van der Waals surface area contributed by atoms with Gasteiger partial charge in [-0.3, -0.25) is 9.52 Å². The van der Waals surface area contributed by atoms with Gasteiger partial charge in [0.05, 0.1) is 24.1 Å². The molecule has 0 heterocycles. The van der Waals surface area contributed by atoms with Crippen LogP contribution in [0.1, 0.15) is 15.9 Å². The van der Waals surface area contributed by atoms with Gasteiger partial charge >= 0.3 is 0 Å². The Bertz CT molecular complexity index is 850. The number of para-hydroxylation sites is 1. The predicted molar refractivity (Wildman–Crippen MR) is 90.6 cm³/mol. The van der Waals surface area contributed by atoms with E-state index >= 15 is 0 Å². The zero-order chi connectivity index (χ0) is 16.7. The molecule has 2 aromatic rings. The smallest absolute Gasteiger partial charge is 0.254 e. The first kappa shape index (κ1) is 16.6. The molecule has 6 heteroatoms. The summed E-state index contributed by atoms with van der Waals surface area (Å²) in [6.07, 6.45) is 1.03. The summed E-state index contributed by atoms with van der Waals surface area (Å²) < 4.78 is 25.0. The van der Waals surface area contributed by atoms with Gasteiger partial charge in [0.15, 0.2) is 0 Å². The van der Waals surface area contributed by atoms with Gasteiger partial charge in [-0.05, 0) is 24.3 Å². The largest absolute Gasteiger partial charge is 0.341 e. The van der Waals surface area contributed by atoms with Crippen molar-refractivity contribution in [1.29, 1.82) is 0 Å². The minimum atomic E-state index is -3.45. The Morgan fingerprint density at radius 3 is 2.39 bits per heavy atom. The molecule has 0 spiro atoms. The van der Waals surface area contributed by atoms with E-state index in [0.29, 0.717) is 0 Å². The highest BCUT2D eigenvalue weighted by Gasteiger charge is 2.12. The number of hydrogen-bond donors (Lipinski definition) is 2. The average molecular weight is 328 g/mol. The number of sulfonamides is 1. The Labute approximate surface area is 135 Å². The van der Waals surface area contributed by atoms with Crippen LogP contribution in [0.5, 0.6) is 0 Å². The lowest BCUT2D eigenvalue weighted by atomic mass is 10.1. The van der Waals surface area contributed by atoms with Crippen LogP contribution >= 0.6 is 0 Å². The van der Waals surface area contributed by atoms with Gasteiger partial charge in [0, 0.05) is 5.56 Å². The van der Waals surface area contributed by atoms with Gasteiger partial charge in [-0.15, -0.1) is 0 Å². The molecule has 0 saturated carbocycles. The summed E-state index contributed by atoms with van der Waals surface area (Å²) in [5.74, 6) is 5.39. The summed E-state index contributed by atoms with van der Waals surface area (Å²) >= 11 is 0. The number of carbonyl (C=O) groups is 1. The third-order valence-corrected chi connectivity index (χ3v) is 3.40. The van der Waals surface area contributed by atoms with Crippen molar-refractivity contribution >= 4 is 21.6 Å². The monoisotopic (exact) mass is 328 g/mol. The van der Waals surface area contributed by atoms with Crippen LogP contribution in [0.4, 0.5) is 5.69 Å². The highest BCUT2D eigenvalue weighted by atomic mass is 32.2. The molecule has 0 bridgehead atoms. The Hall–Kier alpha value is -2.78. The molecule has 0 unspecified atom stereocenters. The molecule has 2 N–H and O–H groups in total. The van der Waals surface area contributed by atoms with E-state index in [-0.39, 0.29) is 23.7 Å². The summed E-state index contributed by atoms with van der Waals surface area (Å²) in [5, 5.41) is 2.65. The first-order valence-corrected chi connectivity index (χ1v) is 8.74. The molecule has 23 heavy (non-hydrogen) atoms. The highest BCUT2D eigenvalue weighted by Crippen LogP contribution is 2.15. The van der Waals surface area contributed by atoms with Crippen LogP contribution in [0.2, 0.25) is 0 Å². The van der Waals surface area contributed by atoms with E-state index in [1.54, 1.807) is 18.2 Å². The lowest BCUT2D eigenvalue weighted by Crippen LogP contribution is -2.25. The summed E-state index contributed by atoms with van der Waals surface area (Å²) in [6, 6.07) is 15.8. The van der Waals surface area contributed by atoms with Crippen molar-refractivity contribution in [3.8, 4) is 11.8 Å². The molecular weight excluding hydrogens is 312 g/mol. The fraction of sp³-hybridized carbons (Fsp3) is 0.118. The number of benzene rings is 2. The lowest BCUT2D eigenvalue weighted by Gasteiger charge is -2.09. The Morgan fingerprint density at radius 2 is 1.70 bits per heavy atom. The molecule has 2 aromatic carbocycles. The standard InChI is InChI=1S/C17H16N2O3S/c1-23(21,22)19-16-12-6-5-11-15(16)17(20)18-13-7-10-14-8-3-2-4-9-14/h2-6,8-9,11-12,19H,13H2,1H3,(H,18,20). The molecule has 0 aliphatic heterocycles. The first-order valence-electron chi connectivity index (χ1n) is 6.84. The SMILES string of the molecule is CS(=O)(=O)Nc1ccccc1C(=O)NCC#Cc1ccccc1. The van der Waals surface area contributed by atoms with E-state index in [2.05, 4.69) is 21.9 Å².